The smallest absolute Gasteiger partial charge is 0.227 e. The molecule has 0 N–H and O–H groups in total. The van der Waals surface area contributed by atoms with Gasteiger partial charge in [0.25, 0.3) is 0 Å². The van der Waals surface area contributed by atoms with Crippen molar-refractivity contribution in [3.8, 4) is 0 Å². The van der Waals surface area contributed by atoms with E-state index < -0.39 is 0 Å². The summed E-state index contributed by atoms with van der Waals surface area (Å²) in [6.45, 7) is 10.1. The molecule has 0 aromatic heterocycles. The van der Waals surface area contributed by atoms with Gasteiger partial charge in [-0.15, -0.1) is 0 Å². The molecule has 2 amide bonds. The van der Waals surface area contributed by atoms with Crippen LogP contribution in [0.3, 0.4) is 0 Å². The molecule has 2 saturated heterocycles. The number of amides is 2. The maximum atomic E-state index is 13.0. The van der Waals surface area contributed by atoms with Gasteiger partial charge in [0.05, 0.1) is 0 Å². The molecule has 0 bridgehead atoms. The van der Waals surface area contributed by atoms with E-state index in [1.807, 2.05) is 37.6 Å². The number of piperidine rings is 1. The van der Waals surface area contributed by atoms with Gasteiger partial charge in [-0.25, -0.2) is 0 Å². The van der Waals surface area contributed by atoms with Crippen LogP contribution in [0.2, 0.25) is 0 Å². The van der Waals surface area contributed by atoms with E-state index in [1.165, 1.54) is 24.1 Å². The first-order chi connectivity index (χ1) is 13.3. The molecule has 0 atom stereocenters. The van der Waals surface area contributed by atoms with Crippen LogP contribution in [0.25, 0.3) is 0 Å². The van der Waals surface area contributed by atoms with Crippen LogP contribution in [-0.4, -0.2) is 54.8 Å². The van der Waals surface area contributed by atoms with E-state index in [-0.39, 0.29) is 23.1 Å². The van der Waals surface area contributed by atoms with Crippen molar-refractivity contribution in [2.75, 3.05) is 38.1 Å². The first-order valence-corrected chi connectivity index (χ1v) is 10.6. The van der Waals surface area contributed by atoms with Gasteiger partial charge in [0.1, 0.15) is 0 Å². The highest BCUT2D eigenvalue weighted by Crippen LogP contribution is 2.28. The molecule has 0 spiro atoms. The Morgan fingerprint density at radius 3 is 2.25 bits per heavy atom. The highest BCUT2D eigenvalue weighted by Gasteiger charge is 2.33. The lowest BCUT2D eigenvalue weighted by atomic mass is 9.90. The molecule has 1 aromatic rings. The van der Waals surface area contributed by atoms with E-state index in [4.69, 9.17) is 0 Å². The number of benzene rings is 1. The zero-order valence-corrected chi connectivity index (χ0v) is 17.9. The number of hydrogen-bond acceptors (Lipinski definition) is 3. The summed E-state index contributed by atoms with van der Waals surface area (Å²) in [6.07, 6.45) is 4.02. The highest BCUT2D eigenvalue weighted by molar-refractivity contribution is 5.82. The summed E-state index contributed by atoms with van der Waals surface area (Å²) in [4.78, 5) is 31.7. The van der Waals surface area contributed by atoms with Crippen molar-refractivity contribution in [3.05, 3.63) is 29.8 Å². The Bertz CT molecular complexity index is 696. The van der Waals surface area contributed by atoms with E-state index in [0.717, 1.165) is 25.9 Å². The highest BCUT2D eigenvalue weighted by atomic mass is 16.2. The van der Waals surface area contributed by atoms with Crippen molar-refractivity contribution in [1.82, 2.24) is 9.80 Å². The van der Waals surface area contributed by atoms with Gasteiger partial charge in [-0.2, -0.15) is 0 Å². The van der Waals surface area contributed by atoms with E-state index in [9.17, 15) is 9.59 Å². The van der Waals surface area contributed by atoms with Gasteiger partial charge in [0.15, 0.2) is 0 Å². The number of anilines is 1. The monoisotopic (exact) mass is 385 g/mol. The van der Waals surface area contributed by atoms with Crippen molar-refractivity contribution in [1.29, 1.82) is 0 Å². The molecule has 0 saturated carbocycles. The summed E-state index contributed by atoms with van der Waals surface area (Å²) in [5.41, 5.74) is 2.14. The standard InChI is InChI=1S/C23H35N3O2/c1-23(2,3)22(28)26-15-11-18(12-16-26)21(27)24(4)17-19-9-5-6-10-20(19)25-13-7-8-14-25/h5-6,9-10,18H,7-8,11-17H2,1-4H3. The first kappa shape index (κ1) is 20.7. The Hall–Kier alpha value is -2.04. The molecular formula is C23H35N3O2. The molecule has 2 fully saturated rings. The molecule has 0 aliphatic carbocycles. The molecule has 0 unspecified atom stereocenters. The van der Waals surface area contributed by atoms with Gasteiger partial charge in [0.2, 0.25) is 11.8 Å². The van der Waals surface area contributed by atoms with Crippen LogP contribution >= 0.6 is 0 Å². The normalized spacial score (nSPS) is 18.4. The molecule has 5 heteroatoms. The SMILES string of the molecule is CN(Cc1ccccc1N1CCCC1)C(=O)C1CCN(C(=O)C(C)(C)C)CC1. The summed E-state index contributed by atoms with van der Waals surface area (Å²) in [7, 11) is 1.91. The molecule has 2 aliphatic heterocycles. The maximum absolute atomic E-state index is 13.0. The Morgan fingerprint density at radius 2 is 1.64 bits per heavy atom. The third-order valence-corrected chi connectivity index (χ3v) is 6.00. The molecule has 154 valence electrons. The molecule has 28 heavy (non-hydrogen) atoms. The number of carbonyl (C=O) groups is 2. The van der Waals surface area contributed by atoms with Gasteiger partial charge >= 0.3 is 0 Å². The summed E-state index contributed by atoms with van der Waals surface area (Å²) >= 11 is 0. The average molecular weight is 386 g/mol. The zero-order valence-electron chi connectivity index (χ0n) is 17.9. The van der Waals surface area contributed by atoms with Crippen LogP contribution in [0.1, 0.15) is 52.0 Å². The van der Waals surface area contributed by atoms with E-state index in [2.05, 4.69) is 29.2 Å². The minimum atomic E-state index is -0.354. The molecule has 2 heterocycles. The average Bonchev–Trinajstić information content (AvgIpc) is 3.21. The second-order valence-corrected chi connectivity index (χ2v) is 9.33. The van der Waals surface area contributed by atoms with Gasteiger partial charge < -0.3 is 14.7 Å². The Labute approximate surface area is 169 Å². The Balaban J connectivity index is 1.58. The number of hydrogen-bond donors (Lipinski definition) is 0. The summed E-state index contributed by atoms with van der Waals surface area (Å²) in [6, 6.07) is 8.46. The minimum absolute atomic E-state index is 0.0213. The van der Waals surface area contributed by atoms with Gasteiger partial charge in [-0.3, -0.25) is 9.59 Å². The van der Waals surface area contributed by atoms with Crippen LogP contribution in [0, 0.1) is 11.3 Å². The number of rotatable bonds is 4. The van der Waals surface area contributed by atoms with Crippen LogP contribution in [-0.2, 0) is 16.1 Å². The summed E-state index contributed by atoms with van der Waals surface area (Å²) in [5, 5.41) is 0. The van der Waals surface area contributed by atoms with Crippen molar-refractivity contribution in [3.63, 3.8) is 0 Å². The first-order valence-electron chi connectivity index (χ1n) is 10.6. The fraction of sp³-hybridized carbons (Fsp3) is 0.652. The Kier molecular flexibility index (Phi) is 6.31. The van der Waals surface area contributed by atoms with Gasteiger partial charge in [-0.1, -0.05) is 39.0 Å². The van der Waals surface area contributed by atoms with E-state index in [1.54, 1.807) is 0 Å². The molecule has 0 radical (unpaired) electrons. The minimum Gasteiger partial charge on any atom is -0.371 e. The fourth-order valence-electron chi connectivity index (χ4n) is 4.36. The summed E-state index contributed by atoms with van der Waals surface area (Å²) < 4.78 is 0. The summed E-state index contributed by atoms with van der Waals surface area (Å²) in [5.74, 6) is 0.415. The van der Waals surface area contributed by atoms with Crippen molar-refractivity contribution in [2.45, 2.75) is 53.0 Å². The second-order valence-electron chi connectivity index (χ2n) is 9.33. The van der Waals surface area contributed by atoms with Crippen molar-refractivity contribution < 1.29 is 9.59 Å². The quantitative estimate of drug-likeness (QED) is 0.796. The lowest BCUT2D eigenvalue weighted by Gasteiger charge is -2.36. The molecule has 2 aliphatic rings. The molecule has 5 nitrogen and oxygen atoms in total. The number of carbonyl (C=O) groups excluding carboxylic acids is 2. The van der Waals surface area contributed by atoms with E-state index >= 15 is 0 Å². The number of likely N-dealkylation sites (tertiary alicyclic amines) is 1. The lowest BCUT2D eigenvalue weighted by Crippen LogP contribution is -2.46. The predicted octanol–water partition coefficient (Wildman–Crippen LogP) is 3.53. The molecule has 3 rings (SSSR count). The van der Waals surface area contributed by atoms with Crippen LogP contribution in [0.4, 0.5) is 5.69 Å². The topological polar surface area (TPSA) is 43.9 Å². The second kappa shape index (κ2) is 8.54. The lowest BCUT2D eigenvalue weighted by molar-refractivity contribution is -0.144. The van der Waals surface area contributed by atoms with Crippen LogP contribution in [0.15, 0.2) is 24.3 Å². The fourth-order valence-corrected chi connectivity index (χ4v) is 4.36. The third-order valence-electron chi connectivity index (χ3n) is 6.00. The van der Waals surface area contributed by atoms with Crippen molar-refractivity contribution >= 4 is 17.5 Å². The van der Waals surface area contributed by atoms with Gasteiger partial charge in [0, 0.05) is 56.8 Å². The third kappa shape index (κ3) is 4.68. The zero-order chi connectivity index (χ0) is 20.3. The predicted molar refractivity (Wildman–Crippen MR) is 113 cm³/mol. The number of para-hydroxylation sites is 1. The Morgan fingerprint density at radius 1 is 1.04 bits per heavy atom. The molecular weight excluding hydrogens is 350 g/mol. The largest absolute Gasteiger partial charge is 0.371 e. The van der Waals surface area contributed by atoms with Crippen LogP contribution in [0.5, 0.6) is 0 Å². The molecule has 1 aromatic carbocycles. The number of nitrogens with zero attached hydrogens (tertiary/aromatic N) is 3. The van der Waals surface area contributed by atoms with Gasteiger partial charge in [-0.05, 0) is 37.3 Å². The van der Waals surface area contributed by atoms with Crippen molar-refractivity contribution in [2.24, 2.45) is 11.3 Å². The van der Waals surface area contributed by atoms with E-state index in [0.29, 0.717) is 19.6 Å². The van der Waals surface area contributed by atoms with Crippen LogP contribution < -0.4 is 4.90 Å². The maximum Gasteiger partial charge on any atom is 0.227 e.